The molecule has 0 bridgehead atoms. The second-order valence-electron chi connectivity index (χ2n) is 6.70. The van der Waals surface area contributed by atoms with Crippen molar-refractivity contribution in [3.63, 3.8) is 0 Å². The molecule has 0 N–H and O–H groups in total. The molecule has 0 saturated heterocycles. The van der Waals surface area contributed by atoms with Crippen LogP contribution in [0.3, 0.4) is 0 Å². The van der Waals surface area contributed by atoms with Gasteiger partial charge in [-0.2, -0.15) is 0 Å². The van der Waals surface area contributed by atoms with E-state index >= 15 is 0 Å². The molecule has 0 aliphatic heterocycles. The highest BCUT2D eigenvalue weighted by atomic mass is 32.1. The van der Waals surface area contributed by atoms with Gasteiger partial charge in [-0.3, -0.25) is 0 Å². The summed E-state index contributed by atoms with van der Waals surface area (Å²) in [5, 5.41) is 2.76. The van der Waals surface area contributed by atoms with Crippen molar-refractivity contribution in [2.75, 3.05) is 0 Å². The predicted molar refractivity (Wildman–Crippen MR) is 103 cm³/mol. The van der Waals surface area contributed by atoms with E-state index in [0.717, 1.165) is 0 Å². The lowest BCUT2D eigenvalue weighted by atomic mass is 9.76. The Morgan fingerprint density at radius 1 is 0.739 bits per heavy atom. The summed E-state index contributed by atoms with van der Waals surface area (Å²) in [5.74, 6) is 0. The molecule has 0 fully saturated rings. The first-order chi connectivity index (χ1) is 11.1. The molecule has 0 atom stereocenters. The van der Waals surface area contributed by atoms with E-state index < -0.39 is 0 Å². The van der Waals surface area contributed by atoms with Crippen molar-refractivity contribution in [3.05, 3.63) is 83.4 Å². The van der Waals surface area contributed by atoms with Gasteiger partial charge in [0.25, 0.3) is 0 Å². The van der Waals surface area contributed by atoms with E-state index in [2.05, 4.69) is 87.5 Å². The van der Waals surface area contributed by atoms with Gasteiger partial charge < -0.3 is 0 Å². The minimum Gasteiger partial charge on any atom is -0.135 e. The second-order valence-corrected chi connectivity index (χ2v) is 7.76. The smallest absolute Gasteiger partial charge is 0.0387 e. The van der Waals surface area contributed by atoms with Gasteiger partial charge >= 0.3 is 0 Å². The maximum atomic E-state index is 2.32. The number of benzene rings is 3. The van der Waals surface area contributed by atoms with Crippen LogP contribution in [0.2, 0.25) is 0 Å². The summed E-state index contributed by atoms with van der Waals surface area (Å²) in [7, 11) is 0. The topological polar surface area (TPSA) is 0 Å². The Balaban J connectivity index is 1.98. The molecule has 0 spiro atoms. The van der Waals surface area contributed by atoms with Crippen LogP contribution in [0.15, 0.2) is 66.7 Å². The van der Waals surface area contributed by atoms with Crippen molar-refractivity contribution in [2.45, 2.75) is 26.2 Å². The first kappa shape index (κ1) is 14.5. The van der Waals surface area contributed by atoms with E-state index in [4.69, 9.17) is 0 Å². The molecule has 1 heterocycles. The molecule has 4 aromatic rings. The number of thiophene rings is 1. The highest BCUT2D eigenvalue weighted by Gasteiger charge is 2.26. The third-order valence-corrected chi connectivity index (χ3v) is 6.27. The molecule has 0 saturated carbocycles. The fraction of sp³-hybridized carbons (Fsp3) is 0.182. The van der Waals surface area contributed by atoms with Gasteiger partial charge in [-0.25, -0.2) is 0 Å². The zero-order chi connectivity index (χ0) is 16.0. The molecular formula is C22H20S. The van der Waals surface area contributed by atoms with E-state index in [1.54, 1.807) is 0 Å². The molecule has 0 radical (unpaired) electrons. The lowest BCUT2D eigenvalue weighted by molar-refractivity contribution is 0.637. The summed E-state index contributed by atoms with van der Waals surface area (Å²) in [5.41, 5.74) is 4.21. The van der Waals surface area contributed by atoms with Crippen LogP contribution in [0.25, 0.3) is 20.2 Å². The van der Waals surface area contributed by atoms with Gasteiger partial charge in [0.2, 0.25) is 0 Å². The highest BCUT2D eigenvalue weighted by Crippen LogP contribution is 2.41. The van der Waals surface area contributed by atoms with Gasteiger partial charge in [-0.1, -0.05) is 74.5 Å². The monoisotopic (exact) mass is 316 g/mol. The van der Waals surface area contributed by atoms with Crippen molar-refractivity contribution < 1.29 is 0 Å². The van der Waals surface area contributed by atoms with Crippen LogP contribution >= 0.6 is 11.3 Å². The van der Waals surface area contributed by atoms with Crippen molar-refractivity contribution in [1.29, 1.82) is 0 Å². The first-order valence-corrected chi connectivity index (χ1v) is 8.87. The van der Waals surface area contributed by atoms with Crippen LogP contribution in [0.1, 0.15) is 30.5 Å². The molecule has 3 aromatic carbocycles. The third-order valence-electron chi connectivity index (χ3n) is 4.96. The molecule has 23 heavy (non-hydrogen) atoms. The van der Waals surface area contributed by atoms with Crippen LogP contribution < -0.4 is 0 Å². The molecule has 1 heteroatoms. The molecule has 0 unspecified atom stereocenters. The summed E-state index contributed by atoms with van der Waals surface area (Å²) < 4.78 is 2.80. The summed E-state index contributed by atoms with van der Waals surface area (Å²) in [4.78, 5) is 0. The van der Waals surface area contributed by atoms with Gasteiger partial charge in [-0.05, 0) is 29.7 Å². The lowest BCUT2D eigenvalue weighted by Crippen LogP contribution is -2.20. The zero-order valence-corrected chi connectivity index (χ0v) is 14.6. The van der Waals surface area contributed by atoms with E-state index in [1.807, 2.05) is 11.3 Å². The molecule has 0 nitrogen and oxygen atoms in total. The molecule has 4 rings (SSSR count). The van der Waals surface area contributed by atoms with Crippen molar-refractivity contribution in [2.24, 2.45) is 0 Å². The minimum atomic E-state index is 0.00963. The molecule has 0 aliphatic rings. The Labute approximate surface area is 141 Å². The van der Waals surface area contributed by atoms with Crippen LogP contribution in [-0.4, -0.2) is 0 Å². The Kier molecular flexibility index (Phi) is 3.28. The Bertz CT molecular complexity index is 991. The average molecular weight is 316 g/mol. The van der Waals surface area contributed by atoms with Crippen molar-refractivity contribution in [3.8, 4) is 0 Å². The number of aryl methyl sites for hydroxylation is 1. The maximum absolute atomic E-state index is 2.32. The predicted octanol–water partition coefficient (Wildman–Crippen LogP) is 6.69. The fourth-order valence-corrected chi connectivity index (χ4v) is 4.82. The number of hydrogen-bond acceptors (Lipinski definition) is 1. The summed E-state index contributed by atoms with van der Waals surface area (Å²) in [6.45, 7) is 6.92. The quantitative estimate of drug-likeness (QED) is 0.386. The van der Waals surface area contributed by atoms with Crippen LogP contribution in [-0.2, 0) is 5.41 Å². The van der Waals surface area contributed by atoms with Crippen LogP contribution in [0.5, 0.6) is 0 Å². The summed E-state index contributed by atoms with van der Waals surface area (Å²) in [6.07, 6.45) is 0. The Morgan fingerprint density at radius 3 is 2.22 bits per heavy atom. The van der Waals surface area contributed by atoms with Gasteiger partial charge in [0.1, 0.15) is 0 Å². The van der Waals surface area contributed by atoms with Crippen molar-refractivity contribution in [1.82, 2.24) is 0 Å². The molecular weight excluding hydrogens is 296 g/mol. The molecule has 0 amide bonds. The second kappa shape index (κ2) is 5.21. The summed E-state index contributed by atoms with van der Waals surface area (Å²) >= 11 is 1.91. The number of hydrogen-bond donors (Lipinski definition) is 0. The highest BCUT2D eigenvalue weighted by molar-refractivity contribution is 7.26. The molecule has 114 valence electrons. The zero-order valence-electron chi connectivity index (χ0n) is 13.8. The average Bonchev–Trinajstić information content (AvgIpc) is 2.96. The Hall–Kier alpha value is -2.12. The van der Waals surface area contributed by atoms with Gasteiger partial charge in [0.05, 0.1) is 0 Å². The number of rotatable bonds is 2. The van der Waals surface area contributed by atoms with Crippen LogP contribution in [0.4, 0.5) is 0 Å². The normalized spacial score (nSPS) is 12.1. The standard InChI is InChI=1S/C22H20S/c1-15-19(22(2,3)16-9-5-4-6-10-16)14-13-18-17-11-7-8-12-20(17)23-21(15)18/h4-14H,1-3H3. The van der Waals surface area contributed by atoms with E-state index in [9.17, 15) is 0 Å². The van der Waals surface area contributed by atoms with Gasteiger partial charge in [0.15, 0.2) is 0 Å². The van der Waals surface area contributed by atoms with E-state index in [0.29, 0.717) is 0 Å². The van der Waals surface area contributed by atoms with Gasteiger partial charge in [-0.15, -0.1) is 11.3 Å². The van der Waals surface area contributed by atoms with Gasteiger partial charge in [0, 0.05) is 25.6 Å². The summed E-state index contributed by atoms with van der Waals surface area (Å²) in [6, 6.07) is 24.1. The Morgan fingerprint density at radius 2 is 1.43 bits per heavy atom. The van der Waals surface area contributed by atoms with E-state index in [-0.39, 0.29) is 5.41 Å². The lowest BCUT2D eigenvalue weighted by Gasteiger charge is -2.28. The maximum Gasteiger partial charge on any atom is 0.0387 e. The SMILES string of the molecule is Cc1c(C(C)(C)c2ccccc2)ccc2c1sc1ccccc12. The molecule has 0 aliphatic carbocycles. The molecule has 1 aromatic heterocycles. The first-order valence-electron chi connectivity index (χ1n) is 8.06. The number of fused-ring (bicyclic) bond motifs is 3. The van der Waals surface area contributed by atoms with E-state index in [1.165, 1.54) is 36.9 Å². The fourth-order valence-electron chi connectivity index (χ4n) is 3.61. The van der Waals surface area contributed by atoms with Crippen LogP contribution in [0, 0.1) is 6.92 Å². The third kappa shape index (κ3) is 2.19. The van der Waals surface area contributed by atoms with Crippen molar-refractivity contribution >= 4 is 31.5 Å². The largest absolute Gasteiger partial charge is 0.135 e. The minimum absolute atomic E-state index is 0.00963.